The maximum Gasteiger partial charge on any atom is 0.407 e. The monoisotopic (exact) mass is 1020 g/mol. The molecule has 0 saturated carbocycles. The van der Waals surface area contributed by atoms with Crippen LogP contribution in [0.4, 0.5) is 4.79 Å². The van der Waals surface area contributed by atoms with Gasteiger partial charge in [-0.1, -0.05) is 107 Å². The number of fused-ring (bicyclic) bond motifs is 3. The van der Waals surface area contributed by atoms with Gasteiger partial charge in [-0.2, -0.15) is 0 Å². The zero-order valence-corrected chi connectivity index (χ0v) is 46.0. The van der Waals surface area contributed by atoms with Gasteiger partial charge < -0.3 is 46.1 Å². The van der Waals surface area contributed by atoms with E-state index in [9.17, 15) is 33.6 Å². The number of Topliss-reactive ketones (excluding diaryl/α,β-unsaturated/α-hetero) is 1. The Hall–Kier alpha value is -6.13. The Kier molecular flexibility index (Phi) is 22.8. The molecule has 3 aromatic carbocycles. The van der Waals surface area contributed by atoms with Crippen LogP contribution in [-0.4, -0.2) is 109 Å². The first-order valence-electron chi connectivity index (χ1n) is 26.2. The molecule has 1 aliphatic carbocycles. The standard InChI is InChI=1S/C58H84N6O10/c1-35(2)31-40(53(68)61-37(5)52(67)59-13)33-48(65)47(27-28-49(66)74-58(10,11)12)63-54(69)50(36(3)4)64-55(70)51(38(6)73-57(7,8)9)60-30-29-41(32-39-21-15-14-16-22-39)62-56(71)72-34-46-44-25-19-17-23-42(44)43-24-18-20-26-45(43)46/h14-26,35-38,40-41,46-47,50-51,60H,27-34H2,1-13H3,(H,59,67)(H,61,68)(H,62,71)(H,63,69)(H,64,70)/t37-,38-,40+,41-,47-,50-,51-/m1/s1. The molecular formula is C58H84N6O10. The molecule has 0 saturated heterocycles. The number of ether oxygens (including phenoxy) is 3. The number of benzene rings is 3. The van der Waals surface area contributed by atoms with Crippen molar-refractivity contribution in [3.05, 3.63) is 95.6 Å². The van der Waals surface area contributed by atoms with Crippen LogP contribution >= 0.6 is 0 Å². The van der Waals surface area contributed by atoms with Crippen molar-refractivity contribution >= 4 is 41.5 Å². The van der Waals surface area contributed by atoms with Gasteiger partial charge in [0.1, 0.15) is 30.3 Å². The molecule has 7 atom stereocenters. The molecule has 0 aromatic heterocycles. The predicted octanol–water partition coefficient (Wildman–Crippen LogP) is 7.31. The topological polar surface area (TPSA) is 219 Å². The molecule has 0 heterocycles. The molecule has 1 aliphatic rings. The Bertz CT molecular complexity index is 2310. The number of nitrogens with one attached hydrogen (secondary N) is 6. The molecule has 0 fully saturated rings. The number of hydrogen-bond acceptors (Lipinski definition) is 11. The van der Waals surface area contributed by atoms with E-state index < -0.39 is 101 Å². The zero-order valence-electron chi connectivity index (χ0n) is 46.0. The third-order valence-electron chi connectivity index (χ3n) is 12.7. The Morgan fingerprint density at radius 2 is 1.22 bits per heavy atom. The summed E-state index contributed by atoms with van der Waals surface area (Å²) in [4.78, 5) is 95.6. The van der Waals surface area contributed by atoms with Crippen molar-refractivity contribution in [2.24, 2.45) is 17.8 Å². The molecule has 406 valence electrons. The van der Waals surface area contributed by atoms with E-state index in [0.717, 1.165) is 27.8 Å². The second kappa shape index (κ2) is 28.0. The maximum atomic E-state index is 14.5. The Labute approximate surface area is 439 Å². The largest absolute Gasteiger partial charge is 0.460 e. The number of amides is 5. The summed E-state index contributed by atoms with van der Waals surface area (Å²) in [6, 6.07) is 21.5. The highest BCUT2D eigenvalue weighted by atomic mass is 16.6. The molecule has 74 heavy (non-hydrogen) atoms. The van der Waals surface area contributed by atoms with E-state index in [1.165, 1.54) is 7.05 Å². The van der Waals surface area contributed by atoms with Crippen LogP contribution in [0.3, 0.4) is 0 Å². The molecule has 4 rings (SSSR count). The highest BCUT2D eigenvalue weighted by Crippen LogP contribution is 2.44. The van der Waals surface area contributed by atoms with Crippen LogP contribution < -0.4 is 31.9 Å². The van der Waals surface area contributed by atoms with Gasteiger partial charge in [-0.15, -0.1) is 0 Å². The number of hydrogen-bond donors (Lipinski definition) is 6. The second-order valence-electron chi connectivity index (χ2n) is 22.3. The molecule has 16 nitrogen and oxygen atoms in total. The lowest BCUT2D eigenvalue weighted by Gasteiger charge is -2.33. The summed E-state index contributed by atoms with van der Waals surface area (Å²) < 4.78 is 17.8. The molecule has 0 spiro atoms. The van der Waals surface area contributed by atoms with Gasteiger partial charge in [0.15, 0.2) is 5.78 Å². The SMILES string of the molecule is CNC(=O)[C@@H](C)NC(=O)[C@H](CC(=O)[C@@H](CCC(=O)OC(C)(C)C)NC(=O)[C@H](NC(=O)[C@H](NCC[C@H](Cc1ccccc1)NC(=O)OCC1c2ccccc2-c2ccccc21)[C@@H](C)OC(C)(C)C)C(C)C)CC(C)C. The van der Waals surface area contributed by atoms with Crippen molar-refractivity contribution in [3.8, 4) is 11.1 Å². The van der Waals surface area contributed by atoms with Crippen molar-refractivity contribution in [2.75, 3.05) is 20.2 Å². The first-order valence-corrected chi connectivity index (χ1v) is 26.2. The van der Waals surface area contributed by atoms with Gasteiger partial charge in [-0.3, -0.25) is 28.8 Å². The number of likely N-dealkylation sites (N-methyl/N-ethyl adjacent to an activating group) is 1. The molecule has 16 heteroatoms. The summed E-state index contributed by atoms with van der Waals surface area (Å²) in [7, 11) is 1.46. The molecule has 0 bridgehead atoms. The number of esters is 1. The van der Waals surface area contributed by atoms with E-state index in [1.807, 2.05) is 89.2 Å². The lowest BCUT2D eigenvalue weighted by molar-refractivity contribution is -0.155. The van der Waals surface area contributed by atoms with Crippen LogP contribution in [0.5, 0.6) is 0 Å². The molecule has 0 radical (unpaired) electrons. The average Bonchev–Trinajstić information content (AvgIpc) is 3.64. The molecule has 6 N–H and O–H groups in total. The average molecular weight is 1030 g/mol. The normalized spacial score (nSPS) is 15.3. The Morgan fingerprint density at radius 3 is 1.77 bits per heavy atom. The van der Waals surface area contributed by atoms with Crippen molar-refractivity contribution in [2.45, 2.75) is 175 Å². The van der Waals surface area contributed by atoms with E-state index in [2.05, 4.69) is 56.2 Å². The van der Waals surface area contributed by atoms with E-state index in [1.54, 1.807) is 48.5 Å². The van der Waals surface area contributed by atoms with Crippen molar-refractivity contribution in [1.29, 1.82) is 0 Å². The molecule has 0 aliphatic heterocycles. The van der Waals surface area contributed by atoms with E-state index in [0.29, 0.717) is 19.3 Å². The quantitative estimate of drug-likeness (QED) is 0.0416. The highest BCUT2D eigenvalue weighted by molar-refractivity contribution is 5.96. The number of alkyl carbamates (subject to hydrolysis) is 1. The number of carbonyl (C=O) groups excluding carboxylic acids is 7. The Balaban J connectivity index is 1.52. The maximum absolute atomic E-state index is 14.5. The second-order valence-corrected chi connectivity index (χ2v) is 22.3. The summed E-state index contributed by atoms with van der Waals surface area (Å²) in [5, 5.41) is 17.4. The molecule has 3 aromatic rings. The van der Waals surface area contributed by atoms with Crippen LogP contribution in [0.2, 0.25) is 0 Å². The fraction of sp³-hybridized carbons (Fsp3) is 0.569. The summed E-state index contributed by atoms with van der Waals surface area (Å²) in [5.74, 6) is -4.57. The number of rotatable bonds is 27. The summed E-state index contributed by atoms with van der Waals surface area (Å²) >= 11 is 0. The third kappa shape index (κ3) is 19.3. The van der Waals surface area contributed by atoms with Crippen molar-refractivity contribution < 1.29 is 47.8 Å². The first-order chi connectivity index (χ1) is 34.8. The molecule has 0 unspecified atom stereocenters. The van der Waals surface area contributed by atoms with Gasteiger partial charge in [0, 0.05) is 37.8 Å². The van der Waals surface area contributed by atoms with Gasteiger partial charge in [-0.05, 0) is 127 Å². The smallest absolute Gasteiger partial charge is 0.407 e. The van der Waals surface area contributed by atoms with Gasteiger partial charge in [0.05, 0.1) is 17.7 Å². The summed E-state index contributed by atoms with van der Waals surface area (Å²) in [6.45, 7) is 21.9. The van der Waals surface area contributed by atoms with Crippen molar-refractivity contribution in [1.82, 2.24) is 31.9 Å². The Morgan fingerprint density at radius 1 is 0.635 bits per heavy atom. The predicted molar refractivity (Wildman–Crippen MR) is 287 cm³/mol. The van der Waals surface area contributed by atoms with Crippen LogP contribution in [0.1, 0.15) is 138 Å². The van der Waals surface area contributed by atoms with E-state index >= 15 is 0 Å². The first kappa shape index (κ1) is 60.4. The molecular weight excluding hydrogens is 941 g/mol. The number of carbonyl (C=O) groups is 7. The van der Waals surface area contributed by atoms with Gasteiger partial charge >= 0.3 is 12.1 Å². The highest BCUT2D eigenvalue weighted by Gasteiger charge is 2.36. The zero-order chi connectivity index (χ0) is 54.9. The lowest BCUT2D eigenvalue weighted by Crippen LogP contribution is -2.60. The van der Waals surface area contributed by atoms with Gasteiger partial charge in [0.2, 0.25) is 23.6 Å². The molecule has 5 amide bonds. The lowest BCUT2D eigenvalue weighted by atomic mass is 9.88. The summed E-state index contributed by atoms with van der Waals surface area (Å²) in [5.41, 5.74) is 4.02. The fourth-order valence-corrected chi connectivity index (χ4v) is 9.30. The van der Waals surface area contributed by atoms with Gasteiger partial charge in [-0.25, -0.2) is 4.79 Å². The van der Waals surface area contributed by atoms with Crippen LogP contribution in [0, 0.1) is 17.8 Å². The minimum absolute atomic E-state index is 0.00254. The van der Waals surface area contributed by atoms with Crippen molar-refractivity contribution in [3.63, 3.8) is 0 Å². The third-order valence-corrected chi connectivity index (χ3v) is 12.7. The van der Waals surface area contributed by atoms with E-state index in [-0.39, 0.29) is 44.2 Å². The number of ketones is 1. The van der Waals surface area contributed by atoms with E-state index in [4.69, 9.17) is 14.2 Å². The summed E-state index contributed by atoms with van der Waals surface area (Å²) in [6.07, 6.45) is -0.690. The fourth-order valence-electron chi connectivity index (χ4n) is 9.30. The minimum atomic E-state index is -1.23. The minimum Gasteiger partial charge on any atom is -0.460 e. The van der Waals surface area contributed by atoms with Crippen LogP contribution in [0.15, 0.2) is 78.9 Å². The van der Waals surface area contributed by atoms with Crippen LogP contribution in [-0.2, 0) is 49.4 Å². The van der Waals surface area contributed by atoms with Gasteiger partial charge in [0.25, 0.3) is 0 Å². The van der Waals surface area contributed by atoms with Crippen LogP contribution in [0.25, 0.3) is 11.1 Å².